The molecule has 0 saturated carbocycles. The summed E-state index contributed by atoms with van der Waals surface area (Å²) in [7, 11) is 12.3. The van der Waals surface area contributed by atoms with Gasteiger partial charge in [-0.2, -0.15) is 0 Å². The van der Waals surface area contributed by atoms with E-state index in [1.165, 1.54) is 41.6 Å². The van der Waals surface area contributed by atoms with Gasteiger partial charge in [0.1, 0.15) is 0 Å². The van der Waals surface area contributed by atoms with Crippen molar-refractivity contribution in [1.29, 1.82) is 0 Å². The lowest BCUT2D eigenvalue weighted by Gasteiger charge is -2.16. The third kappa shape index (κ3) is 6.96. The van der Waals surface area contributed by atoms with Crippen molar-refractivity contribution in [3.05, 3.63) is 59.2 Å². The molecule has 10 nitrogen and oxygen atoms in total. The molecule has 0 aliphatic carbocycles. The Morgan fingerprint density at radius 3 is 1.39 bits per heavy atom. The van der Waals surface area contributed by atoms with Crippen molar-refractivity contribution in [3.63, 3.8) is 0 Å². The van der Waals surface area contributed by atoms with Gasteiger partial charge in [0.15, 0.2) is 34.5 Å². The van der Waals surface area contributed by atoms with Crippen LogP contribution in [0.5, 0.6) is 46.0 Å². The van der Waals surface area contributed by atoms with Crippen molar-refractivity contribution in [1.82, 2.24) is 0 Å². The number of carbonyl (C=O) groups is 1. The number of methoxy groups -OCH3 is 8. The summed E-state index contributed by atoms with van der Waals surface area (Å²) < 4.78 is 43.6. The highest BCUT2D eigenvalue weighted by molar-refractivity contribution is 6.05. The number of hydrogen-bond donors (Lipinski definition) is 1. The fourth-order valence-electron chi connectivity index (χ4n) is 4.13. The van der Waals surface area contributed by atoms with E-state index in [1.807, 2.05) is 30.4 Å². The molecular weight excluding hydrogens is 530 g/mol. The molecule has 0 aliphatic heterocycles. The third-order valence-electron chi connectivity index (χ3n) is 6.08. The maximum Gasteiger partial charge on any atom is 0.248 e. The van der Waals surface area contributed by atoms with Crippen molar-refractivity contribution in [3.8, 4) is 46.0 Å². The molecule has 41 heavy (non-hydrogen) atoms. The molecule has 0 saturated heterocycles. The molecule has 0 aromatic heterocycles. The number of amides is 1. The lowest BCUT2D eigenvalue weighted by atomic mass is 10.1. The van der Waals surface area contributed by atoms with Gasteiger partial charge in [-0.25, -0.2) is 0 Å². The molecule has 10 heteroatoms. The molecule has 0 radical (unpaired) electrons. The van der Waals surface area contributed by atoms with Gasteiger partial charge < -0.3 is 43.2 Å². The second-order valence-electron chi connectivity index (χ2n) is 8.34. The first kappa shape index (κ1) is 30.6. The van der Waals surface area contributed by atoms with E-state index in [9.17, 15) is 4.79 Å². The zero-order valence-electron chi connectivity index (χ0n) is 24.4. The van der Waals surface area contributed by atoms with Crippen LogP contribution in [0.2, 0.25) is 0 Å². The minimum absolute atomic E-state index is 0.370. The maximum atomic E-state index is 13.1. The van der Waals surface area contributed by atoms with Gasteiger partial charge >= 0.3 is 0 Å². The molecule has 3 aromatic rings. The number of hydrogen-bond acceptors (Lipinski definition) is 9. The van der Waals surface area contributed by atoms with Gasteiger partial charge in [0, 0.05) is 11.6 Å². The second-order valence-corrected chi connectivity index (χ2v) is 8.34. The maximum absolute atomic E-state index is 13.1. The van der Waals surface area contributed by atoms with E-state index in [1.54, 1.807) is 45.6 Å². The van der Waals surface area contributed by atoms with Crippen LogP contribution in [-0.4, -0.2) is 62.8 Å². The Morgan fingerprint density at radius 2 is 0.976 bits per heavy atom. The number of carbonyl (C=O) groups excluding carboxylic acids is 1. The Bertz CT molecular complexity index is 1380. The summed E-state index contributed by atoms with van der Waals surface area (Å²) in [6.07, 6.45) is 6.72. The number of anilines is 1. The second kappa shape index (κ2) is 14.4. The Morgan fingerprint density at radius 1 is 0.537 bits per heavy atom. The van der Waals surface area contributed by atoms with Crippen LogP contribution in [0.4, 0.5) is 5.69 Å². The third-order valence-corrected chi connectivity index (χ3v) is 6.08. The van der Waals surface area contributed by atoms with Crippen LogP contribution in [0.3, 0.4) is 0 Å². The van der Waals surface area contributed by atoms with Crippen molar-refractivity contribution in [2.24, 2.45) is 0 Å². The smallest absolute Gasteiger partial charge is 0.248 e. The Balaban J connectivity index is 1.98. The number of benzene rings is 3. The molecule has 3 aromatic carbocycles. The fraction of sp³-hybridized carbons (Fsp3) is 0.258. The van der Waals surface area contributed by atoms with Crippen molar-refractivity contribution in [2.45, 2.75) is 0 Å². The topological polar surface area (TPSA) is 103 Å². The van der Waals surface area contributed by atoms with Gasteiger partial charge in [-0.1, -0.05) is 12.2 Å². The van der Waals surface area contributed by atoms with Crippen molar-refractivity contribution < 1.29 is 42.7 Å². The van der Waals surface area contributed by atoms with Crippen LogP contribution < -0.4 is 43.2 Å². The summed E-state index contributed by atoms with van der Waals surface area (Å²) >= 11 is 0. The number of rotatable bonds is 13. The van der Waals surface area contributed by atoms with E-state index in [-0.39, 0.29) is 0 Å². The van der Waals surface area contributed by atoms with Gasteiger partial charge in [-0.15, -0.1) is 0 Å². The molecule has 0 spiro atoms. The SMILES string of the molecule is COc1cc(C=Cc2ccc(OC)c(OC)c2NC(=O)/C=C/c2cc(OC)c(OC)c(OC)c2)cc(OC)c1OC. The number of ether oxygens (including phenoxy) is 8. The summed E-state index contributed by atoms with van der Waals surface area (Å²) in [6, 6.07) is 10.7. The molecule has 0 aliphatic rings. The minimum Gasteiger partial charge on any atom is -0.493 e. The zero-order valence-corrected chi connectivity index (χ0v) is 24.4. The largest absolute Gasteiger partial charge is 0.493 e. The summed E-state index contributed by atoms with van der Waals surface area (Å²) in [6.45, 7) is 0. The van der Waals surface area contributed by atoms with Crippen LogP contribution in [0.15, 0.2) is 42.5 Å². The molecule has 0 atom stereocenters. The molecular formula is C31H35NO9. The summed E-state index contributed by atoms with van der Waals surface area (Å²) in [5, 5.41) is 2.92. The average molecular weight is 566 g/mol. The average Bonchev–Trinajstić information content (AvgIpc) is 3.01. The van der Waals surface area contributed by atoms with Crippen LogP contribution in [0, 0.1) is 0 Å². The van der Waals surface area contributed by atoms with Gasteiger partial charge in [0.05, 0.1) is 62.6 Å². The highest BCUT2D eigenvalue weighted by Gasteiger charge is 2.17. The summed E-state index contributed by atoms with van der Waals surface area (Å²) in [5.74, 6) is 3.37. The molecule has 0 unspecified atom stereocenters. The van der Waals surface area contributed by atoms with E-state index >= 15 is 0 Å². The first-order chi connectivity index (χ1) is 19.9. The van der Waals surface area contributed by atoms with E-state index in [0.29, 0.717) is 62.8 Å². The molecule has 218 valence electrons. The highest BCUT2D eigenvalue weighted by atomic mass is 16.5. The Kier molecular flexibility index (Phi) is 10.7. The van der Waals surface area contributed by atoms with Crippen molar-refractivity contribution in [2.75, 3.05) is 62.2 Å². The van der Waals surface area contributed by atoms with Crippen molar-refractivity contribution >= 4 is 29.8 Å². The summed E-state index contributed by atoms with van der Waals surface area (Å²) in [4.78, 5) is 13.1. The van der Waals surface area contributed by atoms with Crippen LogP contribution >= 0.6 is 0 Å². The predicted octanol–water partition coefficient (Wildman–Crippen LogP) is 5.58. The first-order valence-electron chi connectivity index (χ1n) is 12.4. The molecule has 1 amide bonds. The first-order valence-corrected chi connectivity index (χ1v) is 12.4. The molecule has 3 rings (SSSR count). The summed E-state index contributed by atoms with van der Waals surface area (Å²) in [5.41, 5.74) is 2.56. The van der Waals surface area contributed by atoms with E-state index < -0.39 is 5.91 Å². The normalized spacial score (nSPS) is 10.8. The van der Waals surface area contributed by atoms with Crippen LogP contribution in [0.25, 0.3) is 18.2 Å². The van der Waals surface area contributed by atoms with Gasteiger partial charge in [0.25, 0.3) is 0 Å². The fourth-order valence-corrected chi connectivity index (χ4v) is 4.13. The Hall–Kier alpha value is -4.99. The van der Waals surface area contributed by atoms with Crippen LogP contribution in [0.1, 0.15) is 16.7 Å². The van der Waals surface area contributed by atoms with Crippen LogP contribution in [-0.2, 0) is 4.79 Å². The molecule has 0 heterocycles. The van der Waals surface area contributed by atoms with Gasteiger partial charge in [-0.05, 0) is 53.6 Å². The lowest BCUT2D eigenvalue weighted by molar-refractivity contribution is -0.111. The van der Waals surface area contributed by atoms with E-state index in [0.717, 1.165) is 5.56 Å². The Labute approximate surface area is 240 Å². The zero-order chi connectivity index (χ0) is 29.9. The highest BCUT2D eigenvalue weighted by Crippen LogP contribution is 2.41. The van der Waals surface area contributed by atoms with Gasteiger partial charge in [-0.3, -0.25) is 4.79 Å². The molecule has 0 bridgehead atoms. The lowest BCUT2D eigenvalue weighted by Crippen LogP contribution is -2.11. The quantitative estimate of drug-likeness (QED) is 0.210. The molecule has 1 N–H and O–H groups in total. The van der Waals surface area contributed by atoms with Gasteiger partial charge in [0.2, 0.25) is 17.4 Å². The standard InChI is InChI=1S/C31H35NO9/c1-34-22-13-12-21(11-9-19-15-23(35-2)29(39-6)24(16-19)36-3)28(31(22)41-8)32-27(33)14-10-20-17-25(37-4)30(40-7)26(18-20)38-5/h9-18H,1-8H3,(H,32,33)/b11-9?,14-10+. The predicted molar refractivity (Wildman–Crippen MR) is 158 cm³/mol. The monoisotopic (exact) mass is 565 g/mol. The minimum atomic E-state index is -0.396. The van der Waals surface area contributed by atoms with E-state index in [2.05, 4.69) is 5.32 Å². The molecule has 0 fully saturated rings. The number of nitrogens with one attached hydrogen (secondary N) is 1. The van der Waals surface area contributed by atoms with E-state index in [4.69, 9.17) is 37.9 Å².